The van der Waals surface area contributed by atoms with Crippen LogP contribution in [-0.4, -0.2) is 46.5 Å². The topological polar surface area (TPSA) is 87.5 Å². The Kier molecular flexibility index (Phi) is 4.26. The molecule has 0 aliphatic carbocycles. The highest BCUT2D eigenvalue weighted by Gasteiger charge is 2.11. The van der Waals surface area contributed by atoms with Crippen molar-refractivity contribution in [3.05, 3.63) is 11.9 Å². The van der Waals surface area contributed by atoms with E-state index in [-0.39, 0.29) is 13.2 Å². The molecule has 0 aromatic carbocycles. The molecular weight excluding hydrogens is 198 g/mol. The average Bonchev–Trinajstić information content (AvgIpc) is 2.28. The second-order valence-corrected chi connectivity index (χ2v) is 3.06. The molecular formula is C9H15N3O3. The first-order valence-corrected chi connectivity index (χ1v) is 4.56. The van der Waals surface area contributed by atoms with Crippen LogP contribution in [0.4, 0.5) is 5.82 Å². The number of aromatic nitrogens is 2. The molecule has 1 aromatic rings. The molecule has 0 bridgehead atoms. The lowest BCUT2D eigenvalue weighted by atomic mass is 10.3. The lowest BCUT2D eigenvalue weighted by Gasteiger charge is -2.16. The normalized spacial score (nSPS) is 10.5. The van der Waals surface area contributed by atoms with Crippen molar-refractivity contribution in [3.63, 3.8) is 0 Å². The lowest BCUT2D eigenvalue weighted by molar-refractivity contribution is 0.203. The Morgan fingerprint density at radius 2 is 2.07 bits per heavy atom. The van der Waals surface area contributed by atoms with Gasteiger partial charge in [0.05, 0.1) is 31.9 Å². The number of aliphatic hydroxyl groups excluding tert-OH is 2. The van der Waals surface area contributed by atoms with E-state index in [1.54, 1.807) is 6.92 Å². The number of anilines is 1. The van der Waals surface area contributed by atoms with E-state index in [1.807, 2.05) is 0 Å². The van der Waals surface area contributed by atoms with Crippen molar-refractivity contribution < 1.29 is 14.9 Å². The summed E-state index contributed by atoms with van der Waals surface area (Å²) in [6.07, 6.45) is 1.36. The molecule has 6 nitrogen and oxygen atoms in total. The zero-order chi connectivity index (χ0) is 11.3. The molecule has 0 saturated heterocycles. The van der Waals surface area contributed by atoms with Crippen LogP contribution in [0.1, 0.15) is 5.56 Å². The molecule has 0 amide bonds. The van der Waals surface area contributed by atoms with Crippen molar-refractivity contribution in [2.24, 2.45) is 0 Å². The predicted octanol–water partition coefficient (Wildman–Crippen LogP) is -0.441. The van der Waals surface area contributed by atoms with Crippen LogP contribution in [-0.2, 0) is 0 Å². The number of hydrogen-bond acceptors (Lipinski definition) is 6. The summed E-state index contributed by atoms with van der Waals surface area (Å²) >= 11 is 0. The van der Waals surface area contributed by atoms with Crippen molar-refractivity contribution >= 4 is 5.82 Å². The fourth-order valence-corrected chi connectivity index (χ4v) is 1.13. The first-order valence-electron chi connectivity index (χ1n) is 4.56. The number of nitrogens with one attached hydrogen (secondary N) is 1. The molecule has 0 saturated carbocycles. The molecule has 15 heavy (non-hydrogen) atoms. The highest BCUT2D eigenvalue weighted by molar-refractivity contribution is 5.48. The summed E-state index contributed by atoms with van der Waals surface area (Å²) < 4.78 is 5.02. The quantitative estimate of drug-likeness (QED) is 0.614. The summed E-state index contributed by atoms with van der Waals surface area (Å²) in [6.45, 7) is 1.47. The van der Waals surface area contributed by atoms with Gasteiger partial charge < -0.3 is 20.3 Å². The second-order valence-electron chi connectivity index (χ2n) is 3.06. The summed E-state index contributed by atoms with van der Waals surface area (Å²) in [5, 5.41) is 20.7. The van der Waals surface area contributed by atoms with E-state index in [0.29, 0.717) is 11.7 Å². The smallest absolute Gasteiger partial charge is 0.221 e. The molecule has 0 fully saturated rings. The third-order valence-electron chi connectivity index (χ3n) is 2.01. The van der Waals surface area contributed by atoms with Gasteiger partial charge in [-0.05, 0) is 6.92 Å². The number of aliphatic hydroxyl groups is 2. The number of rotatable bonds is 5. The monoisotopic (exact) mass is 213 g/mol. The van der Waals surface area contributed by atoms with Crippen LogP contribution >= 0.6 is 0 Å². The lowest BCUT2D eigenvalue weighted by Crippen LogP contribution is -2.28. The molecule has 84 valence electrons. The Bertz CT molecular complexity index is 315. The first kappa shape index (κ1) is 11.7. The van der Waals surface area contributed by atoms with E-state index in [0.717, 1.165) is 5.56 Å². The van der Waals surface area contributed by atoms with Gasteiger partial charge in [0.2, 0.25) is 5.88 Å². The number of nitrogens with zero attached hydrogens (tertiary/aromatic N) is 2. The molecule has 0 aliphatic heterocycles. The van der Waals surface area contributed by atoms with Crippen LogP contribution in [0.2, 0.25) is 0 Å². The Morgan fingerprint density at radius 1 is 1.40 bits per heavy atom. The van der Waals surface area contributed by atoms with Gasteiger partial charge in [-0.25, -0.2) is 9.97 Å². The molecule has 3 N–H and O–H groups in total. The van der Waals surface area contributed by atoms with Crippen LogP contribution in [0.15, 0.2) is 6.33 Å². The molecule has 0 atom stereocenters. The van der Waals surface area contributed by atoms with Crippen molar-refractivity contribution in [2.45, 2.75) is 13.0 Å². The predicted molar refractivity (Wildman–Crippen MR) is 54.9 cm³/mol. The fraction of sp³-hybridized carbons (Fsp3) is 0.556. The van der Waals surface area contributed by atoms with E-state index in [4.69, 9.17) is 14.9 Å². The van der Waals surface area contributed by atoms with Crippen molar-refractivity contribution in [1.29, 1.82) is 0 Å². The highest BCUT2D eigenvalue weighted by atomic mass is 16.5. The minimum absolute atomic E-state index is 0.164. The molecule has 0 aliphatic rings. The fourth-order valence-electron chi connectivity index (χ4n) is 1.13. The maximum absolute atomic E-state index is 8.91. The third-order valence-corrected chi connectivity index (χ3v) is 2.01. The van der Waals surface area contributed by atoms with E-state index in [2.05, 4.69) is 15.3 Å². The molecule has 1 heterocycles. The SMILES string of the molecule is COc1ncnc(NC(CO)CO)c1C. The van der Waals surface area contributed by atoms with Crippen molar-refractivity contribution in [3.8, 4) is 5.88 Å². The van der Waals surface area contributed by atoms with Crippen molar-refractivity contribution in [2.75, 3.05) is 25.6 Å². The summed E-state index contributed by atoms with van der Waals surface area (Å²) in [5.41, 5.74) is 0.743. The van der Waals surface area contributed by atoms with Gasteiger partial charge in [0.15, 0.2) is 0 Å². The molecule has 0 unspecified atom stereocenters. The molecule has 6 heteroatoms. The van der Waals surface area contributed by atoms with Crippen LogP contribution in [0.25, 0.3) is 0 Å². The number of ether oxygens (including phenoxy) is 1. The Morgan fingerprint density at radius 3 is 2.60 bits per heavy atom. The zero-order valence-corrected chi connectivity index (χ0v) is 8.77. The largest absolute Gasteiger partial charge is 0.481 e. The minimum atomic E-state index is -0.427. The second kappa shape index (κ2) is 5.47. The van der Waals surface area contributed by atoms with E-state index in [9.17, 15) is 0 Å². The third kappa shape index (κ3) is 2.77. The summed E-state index contributed by atoms with van der Waals surface area (Å²) in [6, 6.07) is -0.427. The van der Waals surface area contributed by atoms with Crippen LogP contribution in [0.5, 0.6) is 5.88 Å². The molecule has 0 radical (unpaired) electrons. The molecule has 0 spiro atoms. The highest BCUT2D eigenvalue weighted by Crippen LogP contribution is 2.20. The molecule has 1 aromatic heterocycles. The van der Waals surface area contributed by atoms with Gasteiger partial charge >= 0.3 is 0 Å². The Labute approximate surface area is 87.9 Å². The summed E-state index contributed by atoms with van der Waals surface area (Å²) in [5.74, 6) is 1.03. The van der Waals surface area contributed by atoms with Crippen LogP contribution in [0.3, 0.4) is 0 Å². The Hall–Kier alpha value is -1.40. The average molecular weight is 213 g/mol. The summed E-state index contributed by atoms with van der Waals surface area (Å²) in [7, 11) is 1.52. The van der Waals surface area contributed by atoms with Gasteiger partial charge in [-0.3, -0.25) is 0 Å². The standard InChI is InChI=1S/C9H15N3O3/c1-6-8(12-7(3-13)4-14)10-5-11-9(6)15-2/h5,7,13-14H,3-4H2,1-2H3,(H,10,11,12). The van der Waals surface area contributed by atoms with Crippen LogP contribution in [0, 0.1) is 6.92 Å². The maximum atomic E-state index is 8.91. The number of methoxy groups -OCH3 is 1. The summed E-state index contributed by atoms with van der Waals surface area (Å²) in [4.78, 5) is 7.92. The van der Waals surface area contributed by atoms with Crippen molar-refractivity contribution in [1.82, 2.24) is 9.97 Å². The van der Waals surface area contributed by atoms with Gasteiger partial charge in [0, 0.05) is 0 Å². The molecule has 1 rings (SSSR count). The first-order chi connectivity index (χ1) is 7.22. The van der Waals surface area contributed by atoms with E-state index in [1.165, 1.54) is 13.4 Å². The van der Waals surface area contributed by atoms with Crippen LogP contribution < -0.4 is 10.1 Å². The van der Waals surface area contributed by atoms with Gasteiger partial charge in [-0.15, -0.1) is 0 Å². The zero-order valence-electron chi connectivity index (χ0n) is 8.77. The Balaban J connectivity index is 2.85. The maximum Gasteiger partial charge on any atom is 0.221 e. The van der Waals surface area contributed by atoms with Gasteiger partial charge in [0.25, 0.3) is 0 Å². The number of hydrogen-bond donors (Lipinski definition) is 3. The minimum Gasteiger partial charge on any atom is -0.481 e. The van der Waals surface area contributed by atoms with Gasteiger partial charge in [-0.2, -0.15) is 0 Å². The van der Waals surface area contributed by atoms with Gasteiger partial charge in [0.1, 0.15) is 12.1 Å². The van der Waals surface area contributed by atoms with Gasteiger partial charge in [-0.1, -0.05) is 0 Å². The van der Waals surface area contributed by atoms with E-state index < -0.39 is 6.04 Å². The van der Waals surface area contributed by atoms with E-state index >= 15 is 0 Å².